The van der Waals surface area contributed by atoms with Crippen molar-refractivity contribution in [2.75, 3.05) is 23.3 Å². The minimum Gasteiger partial charge on any atom is -0.481 e. The Morgan fingerprint density at radius 2 is 1.84 bits per heavy atom. The molecule has 0 spiro atoms. The summed E-state index contributed by atoms with van der Waals surface area (Å²) >= 11 is 12.0. The van der Waals surface area contributed by atoms with Crippen molar-refractivity contribution in [3.8, 4) is 5.69 Å². The van der Waals surface area contributed by atoms with Crippen molar-refractivity contribution in [3.05, 3.63) is 57.3 Å². The van der Waals surface area contributed by atoms with Gasteiger partial charge >= 0.3 is 11.7 Å². The van der Waals surface area contributed by atoms with Crippen molar-refractivity contribution in [2.45, 2.75) is 12.8 Å². The molecule has 0 radical (unpaired) electrons. The molecule has 0 saturated carbocycles. The zero-order valence-corrected chi connectivity index (χ0v) is 18.0. The van der Waals surface area contributed by atoms with E-state index in [4.69, 9.17) is 23.2 Å². The Morgan fingerprint density at radius 1 is 1.16 bits per heavy atom. The number of aromatic nitrogens is 4. The molecule has 3 heterocycles. The lowest BCUT2D eigenvalue weighted by Gasteiger charge is -2.30. The predicted octanol–water partition coefficient (Wildman–Crippen LogP) is 3.92. The third kappa shape index (κ3) is 4.30. The number of piperidine rings is 1. The number of hydrogen-bond acceptors (Lipinski definition) is 8. The summed E-state index contributed by atoms with van der Waals surface area (Å²) in [5, 5.41) is 24.4. The number of hydrogen-bond donors (Lipinski definition) is 2. The number of nitro groups is 1. The van der Waals surface area contributed by atoms with E-state index in [0.29, 0.717) is 37.3 Å². The molecule has 1 saturated heterocycles. The first kappa shape index (κ1) is 21.8. The van der Waals surface area contributed by atoms with Gasteiger partial charge in [-0.2, -0.15) is 0 Å². The van der Waals surface area contributed by atoms with E-state index in [1.54, 1.807) is 33.7 Å². The third-order valence-corrected chi connectivity index (χ3v) is 5.94. The predicted molar refractivity (Wildman–Crippen MR) is 118 cm³/mol. The largest absolute Gasteiger partial charge is 0.481 e. The highest BCUT2D eigenvalue weighted by molar-refractivity contribution is 6.40. The van der Waals surface area contributed by atoms with E-state index < -0.39 is 16.8 Å². The van der Waals surface area contributed by atoms with Crippen LogP contribution in [0, 0.1) is 16.0 Å². The number of halogens is 2. The van der Waals surface area contributed by atoms with E-state index in [1.807, 2.05) is 0 Å². The number of carbonyl (C=O) groups is 1. The van der Waals surface area contributed by atoms with Gasteiger partial charge in [0.2, 0.25) is 11.6 Å². The van der Waals surface area contributed by atoms with E-state index in [-0.39, 0.29) is 27.6 Å². The lowest BCUT2D eigenvalue weighted by atomic mass is 9.97. The van der Waals surface area contributed by atoms with Gasteiger partial charge in [0.1, 0.15) is 12.7 Å². The summed E-state index contributed by atoms with van der Waals surface area (Å²) in [6, 6.07) is 6.92. The Kier molecular flexibility index (Phi) is 6.10. The van der Waals surface area contributed by atoms with Crippen LogP contribution in [0.2, 0.25) is 10.3 Å². The lowest BCUT2D eigenvalue weighted by molar-refractivity contribution is -0.383. The fraction of sp³-hybridized carbons (Fsp3) is 0.263. The molecule has 4 rings (SSSR count). The highest BCUT2D eigenvalue weighted by Gasteiger charge is 2.31. The van der Waals surface area contributed by atoms with E-state index in [0.717, 1.165) is 0 Å². The van der Waals surface area contributed by atoms with Gasteiger partial charge in [0.25, 0.3) is 0 Å². The average molecular weight is 478 g/mol. The second kappa shape index (κ2) is 8.97. The monoisotopic (exact) mass is 477 g/mol. The van der Waals surface area contributed by atoms with Crippen LogP contribution in [0.3, 0.4) is 0 Å². The molecule has 0 atom stereocenters. The molecule has 0 aliphatic carbocycles. The lowest BCUT2D eigenvalue weighted by Crippen LogP contribution is -2.37. The van der Waals surface area contributed by atoms with Crippen molar-refractivity contribution in [1.82, 2.24) is 19.5 Å². The Balaban J connectivity index is 1.58. The molecule has 166 valence electrons. The highest BCUT2D eigenvalue weighted by Crippen LogP contribution is 2.35. The number of benzene rings is 1. The highest BCUT2D eigenvalue weighted by atomic mass is 35.5. The fourth-order valence-corrected chi connectivity index (χ4v) is 3.86. The Hall–Kier alpha value is -3.44. The molecule has 2 aromatic heterocycles. The zero-order chi connectivity index (χ0) is 22.8. The van der Waals surface area contributed by atoms with Crippen LogP contribution in [0.15, 0.2) is 36.9 Å². The summed E-state index contributed by atoms with van der Waals surface area (Å²) in [6.07, 6.45) is 3.51. The minimum atomic E-state index is -0.855. The SMILES string of the molecule is O=C(O)C1CCN(c2ncnc(Nc3ccc(-n4cnc(Cl)c4Cl)cc3)c2[N+](=O)[O-])CC1. The summed E-state index contributed by atoms with van der Waals surface area (Å²) < 4.78 is 1.60. The van der Waals surface area contributed by atoms with Crippen LogP contribution in [0.25, 0.3) is 5.69 Å². The Labute approximate surface area is 191 Å². The maximum atomic E-state index is 11.9. The molecule has 0 amide bonds. The van der Waals surface area contributed by atoms with E-state index in [1.165, 1.54) is 12.7 Å². The standard InChI is InChI=1S/C19H17Cl2N7O4/c20-15-16(21)27(10-24-15)13-3-1-12(2-4-13)25-17-14(28(31)32)18(23-9-22-17)26-7-5-11(6-8-26)19(29)30/h1-4,9-11H,5-8H2,(H,29,30)(H,22,23,25). The van der Waals surface area contributed by atoms with Crippen molar-refractivity contribution in [3.63, 3.8) is 0 Å². The van der Waals surface area contributed by atoms with Gasteiger partial charge in [-0.25, -0.2) is 15.0 Å². The minimum absolute atomic E-state index is 0.0387. The quantitative estimate of drug-likeness (QED) is 0.399. The smallest absolute Gasteiger partial charge is 0.353 e. The summed E-state index contributed by atoms with van der Waals surface area (Å²) in [5.74, 6) is -1.11. The van der Waals surface area contributed by atoms with Crippen LogP contribution in [0.1, 0.15) is 12.8 Å². The molecular formula is C19H17Cl2N7O4. The van der Waals surface area contributed by atoms with Gasteiger partial charge in [-0.3, -0.25) is 19.5 Å². The molecule has 1 aliphatic rings. The summed E-state index contributed by atoms with van der Waals surface area (Å²) in [6.45, 7) is 0.717. The number of imidazole rings is 1. The molecule has 0 bridgehead atoms. The molecule has 32 heavy (non-hydrogen) atoms. The van der Waals surface area contributed by atoms with Gasteiger partial charge in [0.05, 0.1) is 10.8 Å². The number of nitrogens with one attached hydrogen (secondary N) is 1. The maximum absolute atomic E-state index is 11.9. The summed E-state index contributed by atoms with van der Waals surface area (Å²) in [5.41, 5.74) is 1.00. The topological polar surface area (TPSA) is 139 Å². The second-order valence-electron chi connectivity index (χ2n) is 7.12. The summed E-state index contributed by atoms with van der Waals surface area (Å²) in [4.78, 5) is 36.3. The summed E-state index contributed by atoms with van der Waals surface area (Å²) in [7, 11) is 0. The first-order valence-electron chi connectivity index (χ1n) is 9.58. The third-order valence-electron chi connectivity index (χ3n) is 5.21. The second-order valence-corrected chi connectivity index (χ2v) is 7.84. The van der Waals surface area contributed by atoms with Gasteiger partial charge in [-0.1, -0.05) is 23.2 Å². The molecule has 3 aromatic rings. The van der Waals surface area contributed by atoms with Gasteiger partial charge in [-0.15, -0.1) is 0 Å². The number of nitrogens with zero attached hydrogens (tertiary/aromatic N) is 6. The van der Waals surface area contributed by atoms with E-state index in [9.17, 15) is 20.0 Å². The molecular weight excluding hydrogens is 461 g/mol. The van der Waals surface area contributed by atoms with Gasteiger partial charge in [0, 0.05) is 24.5 Å². The van der Waals surface area contributed by atoms with E-state index in [2.05, 4.69) is 20.3 Å². The number of carboxylic acids is 1. The van der Waals surface area contributed by atoms with Crippen LogP contribution in [0.5, 0.6) is 0 Å². The van der Waals surface area contributed by atoms with Crippen LogP contribution < -0.4 is 10.2 Å². The fourth-order valence-electron chi connectivity index (χ4n) is 3.53. The van der Waals surface area contributed by atoms with Gasteiger partial charge in [-0.05, 0) is 37.1 Å². The molecule has 2 N–H and O–H groups in total. The van der Waals surface area contributed by atoms with Gasteiger partial charge in [0.15, 0.2) is 10.3 Å². The first-order valence-corrected chi connectivity index (χ1v) is 10.3. The number of anilines is 3. The molecule has 1 aromatic carbocycles. The van der Waals surface area contributed by atoms with Crippen molar-refractivity contribution >= 4 is 52.2 Å². The normalized spacial score (nSPS) is 14.4. The zero-order valence-electron chi connectivity index (χ0n) is 16.5. The maximum Gasteiger partial charge on any atom is 0.353 e. The molecule has 13 heteroatoms. The number of carboxylic acid groups (broad SMARTS) is 1. The van der Waals surface area contributed by atoms with Crippen molar-refractivity contribution < 1.29 is 14.8 Å². The van der Waals surface area contributed by atoms with E-state index >= 15 is 0 Å². The van der Waals surface area contributed by atoms with Crippen LogP contribution in [0.4, 0.5) is 23.0 Å². The van der Waals surface area contributed by atoms with Crippen LogP contribution >= 0.6 is 23.2 Å². The molecule has 1 fully saturated rings. The van der Waals surface area contributed by atoms with Crippen molar-refractivity contribution in [1.29, 1.82) is 0 Å². The molecule has 1 aliphatic heterocycles. The van der Waals surface area contributed by atoms with Gasteiger partial charge < -0.3 is 15.3 Å². The van der Waals surface area contributed by atoms with Crippen molar-refractivity contribution in [2.24, 2.45) is 5.92 Å². The number of rotatable bonds is 6. The Morgan fingerprint density at radius 3 is 2.41 bits per heavy atom. The Bertz CT molecular complexity index is 1160. The molecule has 0 unspecified atom stereocenters. The van der Waals surface area contributed by atoms with Crippen LogP contribution in [-0.2, 0) is 4.79 Å². The first-order chi connectivity index (χ1) is 15.3. The average Bonchev–Trinajstić information content (AvgIpc) is 3.12. The van der Waals surface area contributed by atoms with Crippen LogP contribution in [-0.4, -0.2) is 48.6 Å². The number of aliphatic carboxylic acids is 1. The molecule has 11 nitrogen and oxygen atoms in total.